The summed E-state index contributed by atoms with van der Waals surface area (Å²) in [5.74, 6) is 0. The molecule has 3 heteroatoms. The summed E-state index contributed by atoms with van der Waals surface area (Å²) in [6, 6.07) is 12.8. The van der Waals surface area contributed by atoms with E-state index < -0.39 is 0 Å². The monoisotopic (exact) mass is 303 g/mol. The van der Waals surface area contributed by atoms with Crippen molar-refractivity contribution in [3.05, 3.63) is 57.8 Å². The van der Waals surface area contributed by atoms with Gasteiger partial charge in [-0.25, -0.2) is 0 Å². The van der Waals surface area contributed by atoms with Crippen molar-refractivity contribution in [2.24, 2.45) is 0 Å². The standard InChI is InChI=1S/C18H25NOS/c1-18(2,3)19-13-15-7-4-5-8-16(15)14-20-11-10-17-9-6-12-21-17/h4-9,12,19H,10-11,13-14H2,1-3H3. The van der Waals surface area contributed by atoms with Crippen molar-refractivity contribution < 1.29 is 4.74 Å². The van der Waals surface area contributed by atoms with E-state index in [9.17, 15) is 0 Å². The highest BCUT2D eigenvalue weighted by Gasteiger charge is 2.10. The van der Waals surface area contributed by atoms with E-state index in [1.54, 1.807) is 11.3 Å². The van der Waals surface area contributed by atoms with Gasteiger partial charge >= 0.3 is 0 Å². The molecule has 1 aromatic heterocycles. The van der Waals surface area contributed by atoms with Gasteiger partial charge in [-0.15, -0.1) is 11.3 Å². The smallest absolute Gasteiger partial charge is 0.0720 e. The lowest BCUT2D eigenvalue weighted by atomic mass is 10.1. The SMILES string of the molecule is CC(C)(C)NCc1ccccc1COCCc1cccs1. The zero-order chi connectivity index (χ0) is 15.1. The number of benzene rings is 1. The lowest BCUT2D eigenvalue weighted by molar-refractivity contribution is 0.123. The molecular weight excluding hydrogens is 278 g/mol. The third kappa shape index (κ3) is 6.00. The molecular formula is C18H25NOS. The second-order valence-corrected chi connectivity index (χ2v) is 7.29. The molecule has 1 aromatic carbocycles. The van der Waals surface area contributed by atoms with Gasteiger partial charge in [-0.2, -0.15) is 0 Å². The average Bonchev–Trinajstić information content (AvgIpc) is 2.95. The minimum Gasteiger partial charge on any atom is -0.376 e. The Balaban J connectivity index is 1.82. The Kier molecular flexibility index (Phi) is 5.97. The van der Waals surface area contributed by atoms with Gasteiger partial charge in [0.1, 0.15) is 0 Å². The van der Waals surface area contributed by atoms with Crippen LogP contribution in [0, 0.1) is 0 Å². The van der Waals surface area contributed by atoms with E-state index in [-0.39, 0.29) is 5.54 Å². The van der Waals surface area contributed by atoms with E-state index in [1.165, 1.54) is 16.0 Å². The molecule has 0 aliphatic rings. The van der Waals surface area contributed by atoms with Crippen molar-refractivity contribution in [1.29, 1.82) is 0 Å². The van der Waals surface area contributed by atoms with Gasteiger partial charge in [0, 0.05) is 23.4 Å². The van der Waals surface area contributed by atoms with Crippen LogP contribution in [0.4, 0.5) is 0 Å². The molecule has 0 bridgehead atoms. The van der Waals surface area contributed by atoms with Crippen LogP contribution in [0.15, 0.2) is 41.8 Å². The molecule has 2 rings (SSSR count). The lowest BCUT2D eigenvalue weighted by Crippen LogP contribution is -2.35. The molecule has 0 atom stereocenters. The van der Waals surface area contributed by atoms with Crippen LogP contribution in [-0.2, 0) is 24.3 Å². The average molecular weight is 303 g/mol. The van der Waals surface area contributed by atoms with Gasteiger partial charge in [-0.1, -0.05) is 30.3 Å². The first-order chi connectivity index (χ1) is 10.0. The van der Waals surface area contributed by atoms with Gasteiger partial charge in [-0.3, -0.25) is 0 Å². The third-order valence-electron chi connectivity index (χ3n) is 3.26. The molecule has 2 nitrogen and oxygen atoms in total. The maximum Gasteiger partial charge on any atom is 0.0720 e. The predicted molar refractivity (Wildman–Crippen MR) is 90.7 cm³/mol. The van der Waals surface area contributed by atoms with Crippen molar-refractivity contribution in [3.8, 4) is 0 Å². The van der Waals surface area contributed by atoms with Gasteiger partial charge < -0.3 is 10.1 Å². The Morgan fingerprint density at radius 3 is 2.48 bits per heavy atom. The first-order valence-corrected chi connectivity index (χ1v) is 8.34. The summed E-state index contributed by atoms with van der Waals surface area (Å²) in [6.45, 7) is 8.91. The van der Waals surface area contributed by atoms with Crippen molar-refractivity contribution in [2.45, 2.75) is 45.9 Å². The van der Waals surface area contributed by atoms with E-state index in [1.807, 2.05) is 0 Å². The summed E-state index contributed by atoms with van der Waals surface area (Å²) in [5, 5.41) is 5.65. The molecule has 0 spiro atoms. The quantitative estimate of drug-likeness (QED) is 0.766. The third-order valence-corrected chi connectivity index (χ3v) is 4.19. The zero-order valence-corrected chi connectivity index (χ0v) is 14.0. The van der Waals surface area contributed by atoms with Crippen molar-refractivity contribution >= 4 is 11.3 Å². The van der Waals surface area contributed by atoms with Crippen LogP contribution in [0.1, 0.15) is 36.8 Å². The molecule has 0 aliphatic heterocycles. The van der Waals surface area contributed by atoms with Gasteiger partial charge in [0.15, 0.2) is 0 Å². The van der Waals surface area contributed by atoms with E-state index in [0.29, 0.717) is 6.61 Å². The summed E-state index contributed by atoms with van der Waals surface area (Å²) >= 11 is 1.79. The van der Waals surface area contributed by atoms with Crippen molar-refractivity contribution in [3.63, 3.8) is 0 Å². The number of hydrogen-bond acceptors (Lipinski definition) is 3. The molecule has 0 fully saturated rings. The molecule has 0 radical (unpaired) electrons. The fourth-order valence-electron chi connectivity index (χ4n) is 2.04. The lowest BCUT2D eigenvalue weighted by Gasteiger charge is -2.21. The minimum atomic E-state index is 0.132. The normalized spacial score (nSPS) is 11.8. The molecule has 1 heterocycles. The molecule has 2 aromatic rings. The summed E-state index contributed by atoms with van der Waals surface area (Å²) in [5.41, 5.74) is 2.73. The summed E-state index contributed by atoms with van der Waals surface area (Å²) in [7, 11) is 0. The van der Waals surface area contributed by atoms with Crippen LogP contribution in [0.2, 0.25) is 0 Å². The van der Waals surface area contributed by atoms with Crippen LogP contribution in [0.3, 0.4) is 0 Å². The van der Waals surface area contributed by atoms with Crippen molar-refractivity contribution in [2.75, 3.05) is 6.61 Å². The zero-order valence-electron chi connectivity index (χ0n) is 13.2. The Bertz CT molecular complexity index is 528. The van der Waals surface area contributed by atoms with Crippen LogP contribution < -0.4 is 5.32 Å². The molecule has 1 N–H and O–H groups in total. The summed E-state index contributed by atoms with van der Waals surface area (Å²) < 4.78 is 5.84. The fourth-order valence-corrected chi connectivity index (χ4v) is 2.73. The highest BCUT2D eigenvalue weighted by atomic mass is 32.1. The Hall–Kier alpha value is -1.16. The van der Waals surface area contributed by atoms with Crippen LogP contribution in [0.5, 0.6) is 0 Å². The second-order valence-electron chi connectivity index (χ2n) is 6.25. The van der Waals surface area contributed by atoms with E-state index in [0.717, 1.165) is 19.6 Å². The first kappa shape index (κ1) is 16.2. The Morgan fingerprint density at radius 1 is 1.05 bits per heavy atom. The van der Waals surface area contributed by atoms with E-state index >= 15 is 0 Å². The molecule has 0 saturated heterocycles. The second kappa shape index (κ2) is 7.74. The van der Waals surface area contributed by atoms with E-state index in [2.05, 4.69) is 67.9 Å². The largest absolute Gasteiger partial charge is 0.376 e. The molecule has 0 saturated carbocycles. The van der Waals surface area contributed by atoms with Crippen LogP contribution in [0.25, 0.3) is 0 Å². The molecule has 0 amide bonds. The maximum absolute atomic E-state index is 5.84. The Labute approximate surface area is 132 Å². The number of hydrogen-bond donors (Lipinski definition) is 1. The first-order valence-electron chi connectivity index (χ1n) is 7.46. The summed E-state index contributed by atoms with van der Waals surface area (Å²) in [4.78, 5) is 1.39. The highest BCUT2D eigenvalue weighted by Crippen LogP contribution is 2.13. The number of rotatable bonds is 7. The highest BCUT2D eigenvalue weighted by molar-refractivity contribution is 7.09. The predicted octanol–water partition coefficient (Wildman–Crippen LogP) is 4.40. The van der Waals surface area contributed by atoms with E-state index in [4.69, 9.17) is 4.74 Å². The fraction of sp³-hybridized carbons (Fsp3) is 0.444. The van der Waals surface area contributed by atoms with Gasteiger partial charge in [0.05, 0.1) is 13.2 Å². The van der Waals surface area contributed by atoms with Crippen LogP contribution >= 0.6 is 11.3 Å². The maximum atomic E-state index is 5.84. The minimum absolute atomic E-state index is 0.132. The van der Waals surface area contributed by atoms with Gasteiger partial charge in [-0.05, 0) is 43.3 Å². The number of ether oxygens (including phenoxy) is 1. The van der Waals surface area contributed by atoms with Gasteiger partial charge in [0.2, 0.25) is 0 Å². The Morgan fingerprint density at radius 2 is 1.81 bits per heavy atom. The van der Waals surface area contributed by atoms with Gasteiger partial charge in [0.25, 0.3) is 0 Å². The molecule has 0 aliphatic carbocycles. The number of nitrogens with one attached hydrogen (secondary N) is 1. The van der Waals surface area contributed by atoms with Crippen molar-refractivity contribution in [1.82, 2.24) is 5.32 Å². The molecule has 21 heavy (non-hydrogen) atoms. The topological polar surface area (TPSA) is 21.3 Å². The van der Waals surface area contributed by atoms with Crippen LogP contribution in [-0.4, -0.2) is 12.1 Å². The molecule has 114 valence electrons. The number of thiophene rings is 1. The molecule has 0 unspecified atom stereocenters. The summed E-state index contributed by atoms with van der Waals surface area (Å²) in [6.07, 6.45) is 1.00.